The Bertz CT molecular complexity index is 473. The van der Waals surface area contributed by atoms with E-state index in [0.717, 1.165) is 0 Å². The molecule has 0 radical (unpaired) electrons. The van der Waals surface area contributed by atoms with Crippen molar-refractivity contribution in [1.82, 2.24) is 15.2 Å². The van der Waals surface area contributed by atoms with E-state index in [4.69, 9.17) is 4.74 Å². The van der Waals surface area contributed by atoms with Crippen molar-refractivity contribution in [3.63, 3.8) is 0 Å². The number of aromatic nitrogens is 1. The average molecular weight is 297 g/mol. The van der Waals surface area contributed by atoms with Crippen molar-refractivity contribution in [3.05, 3.63) is 16.6 Å². The van der Waals surface area contributed by atoms with Gasteiger partial charge in [-0.1, -0.05) is 0 Å². The van der Waals surface area contributed by atoms with Crippen molar-refractivity contribution < 1.29 is 19.1 Å². The van der Waals surface area contributed by atoms with Gasteiger partial charge in [-0.25, -0.2) is 4.98 Å². The number of carbonyl (C=O) groups is 3. The molecule has 1 N–H and O–H groups in total. The number of nitrogens with zero attached hydrogens (tertiary/aromatic N) is 2. The molecule has 108 valence electrons. The van der Waals surface area contributed by atoms with Gasteiger partial charge in [0.2, 0.25) is 11.8 Å². The van der Waals surface area contributed by atoms with Gasteiger partial charge >= 0.3 is 0 Å². The lowest BCUT2D eigenvalue weighted by Gasteiger charge is -2.13. The molecule has 0 bridgehead atoms. The molecule has 1 aromatic heterocycles. The Balaban J connectivity index is 1.55. The van der Waals surface area contributed by atoms with E-state index >= 15 is 0 Å². The Morgan fingerprint density at radius 1 is 1.35 bits per heavy atom. The highest BCUT2D eigenvalue weighted by molar-refractivity contribution is 7.07. The molecule has 1 aliphatic heterocycles. The quantitative estimate of drug-likeness (QED) is 0.567. The van der Waals surface area contributed by atoms with E-state index in [1.807, 2.05) is 0 Å². The minimum Gasteiger partial charge on any atom is -0.378 e. The fourth-order valence-corrected chi connectivity index (χ4v) is 2.31. The highest BCUT2D eigenvalue weighted by Gasteiger charge is 2.28. The Hall–Kier alpha value is -1.80. The molecule has 1 saturated heterocycles. The van der Waals surface area contributed by atoms with Crippen LogP contribution in [0.5, 0.6) is 0 Å². The second-order valence-electron chi connectivity index (χ2n) is 4.18. The van der Waals surface area contributed by atoms with Crippen LogP contribution >= 0.6 is 11.3 Å². The second-order valence-corrected chi connectivity index (χ2v) is 4.90. The fraction of sp³-hybridized carbons (Fsp3) is 0.500. The summed E-state index contributed by atoms with van der Waals surface area (Å²) in [6, 6.07) is 0. The van der Waals surface area contributed by atoms with E-state index in [1.54, 1.807) is 10.9 Å². The van der Waals surface area contributed by atoms with Gasteiger partial charge in [-0.15, -0.1) is 11.3 Å². The molecule has 20 heavy (non-hydrogen) atoms. The summed E-state index contributed by atoms with van der Waals surface area (Å²) in [5.74, 6) is -0.523. The van der Waals surface area contributed by atoms with Crippen LogP contribution in [0.15, 0.2) is 10.9 Å². The van der Waals surface area contributed by atoms with Gasteiger partial charge in [-0.3, -0.25) is 19.3 Å². The van der Waals surface area contributed by atoms with Crippen LogP contribution in [-0.2, 0) is 14.3 Å². The molecule has 3 amide bonds. The molecule has 1 fully saturated rings. The van der Waals surface area contributed by atoms with Crippen molar-refractivity contribution in [2.45, 2.75) is 12.8 Å². The minimum absolute atomic E-state index is 0.143. The topological polar surface area (TPSA) is 88.6 Å². The first kappa shape index (κ1) is 14.6. The van der Waals surface area contributed by atoms with Crippen LogP contribution in [0, 0.1) is 0 Å². The third-order valence-electron chi connectivity index (χ3n) is 2.81. The Kier molecular flexibility index (Phi) is 5.19. The number of nitrogens with one attached hydrogen (secondary N) is 1. The Morgan fingerprint density at radius 2 is 2.10 bits per heavy atom. The first-order valence-corrected chi connectivity index (χ1v) is 7.20. The van der Waals surface area contributed by atoms with E-state index in [2.05, 4.69) is 10.3 Å². The number of carbonyl (C=O) groups excluding carboxylic acids is 3. The highest BCUT2D eigenvalue weighted by atomic mass is 32.1. The van der Waals surface area contributed by atoms with E-state index in [0.29, 0.717) is 31.7 Å². The molecular formula is C12H15N3O4S. The van der Waals surface area contributed by atoms with Gasteiger partial charge in [-0.2, -0.15) is 0 Å². The zero-order chi connectivity index (χ0) is 14.4. The number of ether oxygens (including phenoxy) is 1. The lowest BCUT2D eigenvalue weighted by molar-refractivity contribution is -0.139. The molecule has 0 aliphatic carbocycles. The van der Waals surface area contributed by atoms with Crippen LogP contribution in [0.2, 0.25) is 0 Å². The van der Waals surface area contributed by atoms with Gasteiger partial charge < -0.3 is 10.1 Å². The molecule has 8 heteroatoms. The van der Waals surface area contributed by atoms with Gasteiger partial charge in [0, 0.05) is 24.8 Å². The summed E-state index contributed by atoms with van der Waals surface area (Å²) in [6.07, 6.45) is 0.588. The number of hydrogen-bond acceptors (Lipinski definition) is 6. The minimum atomic E-state index is -0.236. The molecule has 0 atom stereocenters. The fourth-order valence-electron chi connectivity index (χ4n) is 1.78. The van der Waals surface area contributed by atoms with Crippen LogP contribution < -0.4 is 5.32 Å². The van der Waals surface area contributed by atoms with E-state index in [9.17, 15) is 14.4 Å². The van der Waals surface area contributed by atoms with Crippen molar-refractivity contribution in [2.75, 3.05) is 26.3 Å². The van der Waals surface area contributed by atoms with E-state index in [-0.39, 0.29) is 30.9 Å². The van der Waals surface area contributed by atoms with Gasteiger partial charge in [0.1, 0.15) is 5.69 Å². The smallest absolute Gasteiger partial charge is 0.270 e. The summed E-state index contributed by atoms with van der Waals surface area (Å²) in [4.78, 5) is 39.2. The van der Waals surface area contributed by atoms with Crippen LogP contribution in [0.1, 0.15) is 23.3 Å². The zero-order valence-electron chi connectivity index (χ0n) is 10.8. The third kappa shape index (κ3) is 3.84. The van der Waals surface area contributed by atoms with Crippen LogP contribution in [0.4, 0.5) is 0 Å². The largest absolute Gasteiger partial charge is 0.378 e. The van der Waals surface area contributed by atoms with Crippen molar-refractivity contribution in [2.24, 2.45) is 0 Å². The lowest BCUT2D eigenvalue weighted by atomic mass is 10.4. The second kappa shape index (κ2) is 7.11. The first-order chi connectivity index (χ1) is 9.68. The summed E-state index contributed by atoms with van der Waals surface area (Å²) in [5, 5.41) is 4.33. The number of rotatable bonds is 7. The maximum absolute atomic E-state index is 11.5. The normalized spacial score (nSPS) is 14.9. The molecule has 0 unspecified atom stereocenters. The molecule has 1 aromatic rings. The van der Waals surface area contributed by atoms with Crippen molar-refractivity contribution in [1.29, 1.82) is 0 Å². The van der Waals surface area contributed by atoms with Crippen LogP contribution in [0.3, 0.4) is 0 Å². The summed E-state index contributed by atoms with van der Waals surface area (Å²) >= 11 is 1.36. The van der Waals surface area contributed by atoms with Gasteiger partial charge in [0.25, 0.3) is 5.91 Å². The van der Waals surface area contributed by atoms with Gasteiger partial charge in [0.15, 0.2) is 0 Å². The van der Waals surface area contributed by atoms with Crippen molar-refractivity contribution >= 4 is 29.1 Å². The number of likely N-dealkylation sites (tertiary alicyclic amines) is 1. The molecule has 0 saturated carbocycles. The van der Waals surface area contributed by atoms with E-state index < -0.39 is 0 Å². The van der Waals surface area contributed by atoms with Crippen LogP contribution in [0.25, 0.3) is 0 Å². The van der Waals surface area contributed by atoms with Gasteiger partial charge in [0.05, 0.1) is 25.3 Å². The van der Waals surface area contributed by atoms with Gasteiger partial charge in [-0.05, 0) is 0 Å². The molecule has 2 heterocycles. The molecular weight excluding hydrogens is 282 g/mol. The summed E-state index contributed by atoms with van der Waals surface area (Å²) in [6.45, 7) is 1.24. The Morgan fingerprint density at radius 3 is 2.75 bits per heavy atom. The zero-order valence-corrected chi connectivity index (χ0v) is 11.6. The number of amides is 3. The van der Waals surface area contributed by atoms with Crippen molar-refractivity contribution in [3.8, 4) is 0 Å². The number of hydrogen-bond donors (Lipinski definition) is 1. The summed E-state index contributed by atoms with van der Waals surface area (Å²) < 4.78 is 5.28. The first-order valence-electron chi connectivity index (χ1n) is 6.26. The molecule has 2 rings (SSSR count). The predicted octanol–water partition coefficient (Wildman–Crippen LogP) is 0.0385. The molecule has 0 spiro atoms. The predicted molar refractivity (Wildman–Crippen MR) is 71.2 cm³/mol. The lowest BCUT2D eigenvalue weighted by Crippen LogP contribution is -2.33. The SMILES string of the molecule is O=C(NCCOCCN1C(=O)CCC1=O)c1cscn1. The maximum Gasteiger partial charge on any atom is 0.270 e. The maximum atomic E-state index is 11.5. The molecule has 0 aromatic carbocycles. The standard InChI is InChI=1S/C12H15N3O4S/c16-10-1-2-11(17)15(10)4-6-19-5-3-13-12(18)9-7-20-8-14-9/h7-8H,1-6H2,(H,13,18). The van der Waals surface area contributed by atoms with Crippen LogP contribution in [-0.4, -0.2) is 53.9 Å². The monoisotopic (exact) mass is 297 g/mol. The number of imide groups is 1. The molecule has 7 nitrogen and oxygen atoms in total. The summed E-state index contributed by atoms with van der Waals surface area (Å²) in [5.41, 5.74) is 1.98. The highest BCUT2D eigenvalue weighted by Crippen LogP contribution is 2.10. The Labute approximate surface area is 119 Å². The molecule has 1 aliphatic rings. The number of thiazole rings is 1. The third-order valence-corrected chi connectivity index (χ3v) is 3.40. The average Bonchev–Trinajstić information content (AvgIpc) is 3.06. The van der Waals surface area contributed by atoms with E-state index in [1.165, 1.54) is 16.2 Å². The summed E-state index contributed by atoms with van der Waals surface area (Å²) in [7, 11) is 0.